The summed E-state index contributed by atoms with van der Waals surface area (Å²) in [5, 5.41) is 0. The van der Waals surface area contributed by atoms with Crippen LogP contribution in [0.4, 0.5) is 0 Å². The van der Waals surface area contributed by atoms with Crippen molar-refractivity contribution >= 4 is 5.84 Å². The Morgan fingerprint density at radius 2 is 1.93 bits per heavy atom. The van der Waals surface area contributed by atoms with Gasteiger partial charge >= 0.3 is 0 Å². The molecule has 0 spiro atoms. The van der Waals surface area contributed by atoms with Crippen LogP contribution in [-0.2, 0) is 0 Å². The molecule has 2 saturated carbocycles. The summed E-state index contributed by atoms with van der Waals surface area (Å²) in [6.07, 6.45) is 9.30. The first kappa shape index (κ1) is 10.0. The van der Waals surface area contributed by atoms with E-state index in [-0.39, 0.29) is 0 Å². The molecule has 0 atom stereocenters. The number of aliphatic imine (C=N–C) groups is 1. The van der Waals surface area contributed by atoms with Gasteiger partial charge in [0.1, 0.15) is 0 Å². The quantitative estimate of drug-likeness (QED) is 0.544. The molecule has 0 aromatic rings. The van der Waals surface area contributed by atoms with Gasteiger partial charge in [0, 0.05) is 12.5 Å². The summed E-state index contributed by atoms with van der Waals surface area (Å²) in [5.74, 6) is 1.55. The van der Waals surface area contributed by atoms with Crippen molar-refractivity contribution in [2.45, 2.75) is 51.9 Å². The number of hydrogen-bond acceptors (Lipinski definition) is 1. The van der Waals surface area contributed by atoms with Crippen LogP contribution < -0.4 is 5.73 Å². The molecule has 0 amide bonds. The van der Waals surface area contributed by atoms with Gasteiger partial charge in [0.05, 0.1) is 5.84 Å². The Labute approximate surface area is 87.0 Å². The van der Waals surface area contributed by atoms with Crippen LogP contribution in [0.2, 0.25) is 0 Å². The third-order valence-corrected chi connectivity index (χ3v) is 3.98. The fraction of sp³-hybridized carbons (Fsp3) is 0.917. The summed E-state index contributed by atoms with van der Waals surface area (Å²) in [6, 6.07) is 0. The van der Waals surface area contributed by atoms with Crippen molar-refractivity contribution in [2.24, 2.45) is 22.1 Å². The highest BCUT2D eigenvalue weighted by molar-refractivity contribution is 5.83. The molecule has 0 radical (unpaired) electrons. The zero-order valence-corrected chi connectivity index (χ0v) is 9.26. The molecule has 0 aliphatic heterocycles. The van der Waals surface area contributed by atoms with E-state index in [4.69, 9.17) is 5.73 Å². The normalized spacial score (nSPS) is 27.6. The topological polar surface area (TPSA) is 38.4 Å². The van der Waals surface area contributed by atoms with Crippen LogP contribution >= 0.6 is 0 Å². The van der Waals surface area contributed by atoms with Gasteiger partial charge in [0.15, 0.2) is 0 Å². The monoisotopic (exact) mass is 194 g/mol. The molecule has 2 aliphatic rings. The molecule has 2 nitrogen and oxygen atoms in total. The van der Waals surface area contributed by atoms with Gasteiger partial charge in [0.2, 0.25) is 0 Å². The summed E-state index contributed by atoms with van der Waals surface area (Å²) in [6.45, 7) is 3.30. The van der Waals surface area contributed by atoms with Gasteiger partial charge < -0.3 is 5.73 Å². The van der Waals surface area contributed by atoms with Crippen molar-refractivity contribution in [3.8, 4) is 0 Å². The van der Waals surface area contributed by atoms with Crippen LogP contribution in [-0.4, -0.2) is 12.4 Å². The van der Waals surface area contributed by atoms with E-state index in [1.807, 2.05) is 0 Å². The standard InChI is InChI=1S/C12H22N2/c1-12(7-4-8-12)9-14-11(13)10-5-2-3-6-10/h10H,2-9H2,1H3,(H2,13,14). The van der Waals surface area contributed by atoms with E-state index in [0.29, 0.717) is 11.3 Å². The predicted molar refractivity (Wildman–Crippen MR) is 60.4 cm³/mol. The molecule has 0 aromatic carbocycles. The van der Waals surface area contributed by atoms with Gasteiger partial charge in [-0.05, 0) is 31.1 Å². The summed E-state index contributed by atoms with van der Waals surface area (Å²) < 4.78 is 0. The maximum atomic E-state index is 6.01. The van der Waals surface area contributed by atoms with Gasteiger partial charge in [-0.25, -0.2) is 0 Å². The molecule has 14 heavy (non-hydrogen) atoms. The summed E-state index contributed by atoms with van der Waals surface area (Å²) in [5.41, 5.74) is 6.50. The molecule has 0 heterocycles. The molecule has 2 rings (SSSR count). The second-order valence-electron chi connectivity index (χ2n) is 5.39. The Morgan fingerprint density at radius 3 is 2.43 bits per heavy atom. The number of amidine groups is 1. The molecule has 2 aliphatic carbocycles. The fourth-order valence-electron chi connectivity index (χ4n) is 2.57. The maximum Gasteiger partial charge on any atom is 0.0968 e. The van der Waals surface area contributed by atoms with E-state index < -0.39 is 0 Å². The lowest BCUT2D eigenvalue weighted by molar-refractivity contribution is 0.173. The Bertz CT molecular complexity index is 222. The van der Waals surface area contributed by atoms with Crippen molar-refractivity contribution in [3.63, 3.8) is 0 Å². The smallest absolute Gasteiger partial charge is 0.0968 e. The van der Waals surface area contributed by atoms with Crippen LogP contribution in [0.1, 0.15) is 51.9 Å². The zero-order valence-electron chi connectivity index (χ0n) is 9.26. The summed E-state index contributed by atoms with van der Waals surface area (Å²) in [4.78, 5) is 4.59. The number of rotatable bonds is 3. The minimum absolute atomic E-state index is 0.489. The molecule has 2 fully saturated rings. The van der Waals surface area contributed by atoms with Gasteiger partial charge in [-0.1, -0.05) is 26.2 Å². The van der Waals surface area contributed by atoms with E-state index in [9.17, 15) is 0 Å². The highest BCUT2D eigenvalue weighted by Gasteiger charge is 2.31. The minimum atomic E-state index is 0.489. The van der Waals surface area contributed by atoms with Crippen molar-refractivity contribution in [2.75, 3.05) is 6.54 Å². The molecule has 0 aromatic heterocycles. The molecule has 80 valence electrons. The van der Waals surface area contributed by atoms with Gasteiger partial charge in [0.25, 0.3) is 0 Å². The third kappa shape index (κ3) is 2.10. The van der Waals surface area contributed by atoms with Crippen molar-refractivity contribution in [1.82, 2.24) is 0 Å². The van der Waals surface area contributed by atoms with Crippen LogP contribution in [0.25, 0.3) is 0 Å². The van der Waals surface area contributed by atoms with Gasteiger partial charge in [-0.2, -0.15) is 0 Å². The molecule has 2 heteroatoms. The minimum Gasteiger partial charge on any atom is -0.387 e. The Hall–Kier alpha value is -0.530. The van der Waals surface area contributed by atoms with Crippen LogP contribution in [0.15, 0.2) is 4.99 Å². The van der Waals surface area contributed by atoms with Crippen molar-refractivity contribution in [1.29, 1.82) is 0 Å². The molecule has 0 saturated heterocycles. The number of hydrogen-bond donors (Lipinski definition) is 1. The van der Waals surface area contributed by atoms with E-state index in [0.717, 1.165) is 12.4 Å². The molecule has 0 bridgehead atoms. The zero-order chi connectivity index (χ0) is 10.0. The lowest BCUT2D eigenvalue weighted by Gasteiger charge is -2.37. The first-order valence-corrected chi connectivity index (χ1v) is 5.99. The molecular weight excluding hydrogens is 172 g/mol. The molecule has 2 N–H and O–H groups in total. The van der Waals surface area contributed by atoms with Gasteiger partial charge in [-0.15, -0.1) is 0 Å². The van der Waals surface area contributed by atoms with Crippen LogP contribution in [0.3, 0.4) is 0 Å². The second-order valence-corrected chi connectivity index (χ2v) is 5.39. The van der Waals surface area contributed by atoms with Crippen LogP contribution in [0, 0.1) is 11.3 Å². The van der Waals surface area contributed by atoms with E-state index >= 15 is 0 Å². The summed E-state index contributed by atoms with van der Waals surface area (Å²) in [7, 11) is 0. The lowest BCUT2D eigenvalue weighted by Crippen LogP contribution is -2.31. The lowest BCUT2D eigenvalue weighted by atomic mass is 9.70. The first-order valence-electron chi connectivity index (χ1n) is 5.99. The SMILES string of the molecule is CC1(CN=C(N)C2CCCC2)CCC1. The summed E-state index contributed by atoms with van der Waals surface area (Å²) >= 11 is 0. The third-order valence-electron chi connectivity index (χ3n) is 3.98. The number of nitrogens with two attached hydrogens (primary N) is 1. The largest absolute Gasteiger partial charge is 0.387 e. The second kappa shape index (κ2) is 3.92. The average Bonchev–Trinajstić information content (AvgIpc) is 2.63. The average molecular weight is 194 g/mol. The maximum absolute atomic E-state index is 6.01. The fourth-order valence-corrected chi connectivity index (χ4v) is 2.57. The van der Waals surface area contributed by atoms with E-state index in [1.165, 1.54) is 44.9 Å². The van der Waals surface area contributed by atoms with Crippen LogP contribution in [0.5, 0.6) is 0 Å². The molecular formula is C12H22N2. The van der Waals surface area contributed by atoms with Crippen molar-refractivity contribution in [3.05, 3.63) is 0 Å². The first-order chi connectivity index (χ1) is 6.70. The predicted octanol–water partition coefficient (Wildman–Crippen LogP) is 2.72. The van der Waals surface area contributed by atoms with Gasteiger partial charge in [-0.3, -0.25) is 4.99 Å². The Kier molecular flexibility index (Phi) is 2.80. The Morgan fingerprint density at radius 1 is 1.29 bits per heavy atom. The molecule has 0 unspecified atom stereocenters. The van der Waals surface area contributed by atoms with E-state index in [1.54, 1.807) is 0 Å². The Balaban J connectivity index is 1.83. The number of nitrogens with zero attached hydrogens (tertiary/aromatic N) is 1. The highest BCUT2D eigenvalue weighted by Crippen LogP contribution is 2.40. The van der Waals surface area contributed by atoms with Crippen molar-refractivity contribution < 1.29 is 0 Å². The van der Waals surface area contributed by atoms with E-state index in [2.05, 4.69) is 11.9 Å². The highest BCUT2D eigenvalue weighted by atomic mass is 14.9.